The van der Waals surface area contributed by atoms with E-state index in [1.165, 1.54) is 29.2 Å². The predicted octanol–water partition coefficient (Wildman–Crippen LogP) is 5.22. The Morgan fingerprint density at radius 2 is 2.03 bits per heavy atom. The number of ether oxygens (including phenoxy) is 2. The second-order valence-corrected chi connectivity index (χ2v) is 7.96. The summed E-state index contributed by atoms with van der Waals surface area (Å²) < 4.78 is 10.7. The molecule has 0 spiro atoms. The zero-order chi connectivity index (χ0) is 22.7. The first-order valence-electron chi connectivity index (χ1n) is 9.72. The molecule has 1 aliphatic rings. The normalized spacial score (nSPS) is 14.3. The van der Waals surface area contributed by atoms with Crippen molar-refractivity contribution in [3.8, 4) is 5.75 Å². The number of amides is 1. The minimum absolute atomic E-state index is 0.128. The molecule has 32 heavy (non-hydrogen) atoms. The van der Waals surface area contributed by atoms with Gasteiger partial charge in [-0.3, -0.25) is 9.69 Å². The van der Waals surface area contributed by atoms with E-state index in [2.05, 4.69) is 9.98 Å². The molecular formula is C23H18ClN3O4S. The number of carbonyl (C=O) groups is 2. The number of esters is 1. The maximum absolute atomic E-state index is 12.3. The lowest BCUT2D eigenvalue weighted by molar-refractivity contribution is -0.130. The fourth-order valence-electron chi connectivity index (χ4n) is 3.02. The van der Waals surface area contributed by atoms with E-state index in [1.807, 2.05) is 6.92 Å². The fraction of sp³-hybridized carbons (Fsp3) is 0.130. The molecule has 0 saturated heterocycles. The smallest absolute Gasteiger partial charge is 0.363 e. The van der Waals surface area contributed by atoms with Crippen LogP contribution >= 0.6 is 22.9 Å². The molecule has 0 radical (unpaired) electrons. The Morgan fingerprint density at radius 1 is 1.25 bits per heavy atom. The van der Waals surface area contributed by atoms with E-state index >= 15 is 0 Å². The van der Waals surface area contributed by atoms with Crippen LogP contribution in [0.5, 0.6) is 5.75 Å². The summed E-state index contributed by atoms with van der Waals surface area (Å²) in [6, 6.07) is 14.1. The van der Waals surface area contributed by atoms with Gasteiger partial charge in [-0.15, -0.1) is 11.3 Å². The molecule has 7 nitrogen and oxygen atoms in total. The molecule has 2 heterocycles. The Bertz CT molecular complexity index is 1230. The van der Waals surface area contributed by atoms with Crippen molar-refractivity contribution in [2.45, 2.75) is 13.8 Å². The van der Waals surface area contributed by atoms with Gasteiger partial charge >= 0.3 is 5.97 Å². The molecule has 2 aromatic carbocycles. The Labute approximate surface area is 193 Å². The van der Waals surface area contributed by atoms with Crippen molar-refractivity contribution in [1.82, 2.24) is 4.98 Å². The van der Waals surface area contributed by atoms with Gasteiger partial charge in [-0.2, -0.15) is 0 Å². The highest BCUT2D eigenvalue weighted by Crippen LogP contribution is 2.31. The van der Waals surface area contributed by atoms with E-state index in [-0.39, 0.29) is 17.5 Å². The van der Waals surface area contributed by atoms with Gasteiger partial charge in [0.05, 0.1) is 18.0 Å². The number of hydrogen-bond donors (Lipinski definition) is 0. The molecule has 0 atom stereocenters. The van der Waals surface area contributed by atoms with Crippen molar-refractivity contribution in [2.24, 2.45) is 4.99 Å². The lowest BCUT2D eigenvalue weighted by atomic mass is 10.2. The summed E-state index contributed by atoms with van der Waals surface area (Å²) >= 11 is 7.33. The highest BCUT2D eigenvalue weighted by atomic mass is 35.5. The number of cyclic esters (lactones) is 1. The standard InChI is InChI=1S/C23H18ClN3O4S/c1-3-30-19-9-7-15(8-10-19)21-26-20(22(29)31-21)12-17-13-32-23(25-17)27(14(2)28)18-6-4-5-16(24)11-18/h4-13H,3H2,1-2H3/b20-12-. The molecule has 1 aliphatic heterocycles. The lowest BCUT2D eigenvalue weighted by Crippen LogP contribution is -2.22. The Kier molecular flexibility index (Phi) is 6.34. The first-order valence-corrected chi connectivity index (χ1v) is 11.0. The summed E-state index contributed by atoms with van der Waals surface area (Å²) in [6.07, 6.45) is 1.53. The monoisotopic (exact) mass is 467 g/mol. The van der Waals surface area contributed by atoms with E-state index in [1.54, 1.807) is 53.9 Å². The van der Waals surface area contributed by atoms with Crippen LogP contribution in [0.15, 0.2) is 64.6 Å². The van der Waals surface area contributed by atoms with Crippen molar-refractivity contribution in [2.75, 3.05) is 11.5 Å². The third-order valence-electron chi connectivity index (χ3n) is 4.40. The zero-order valence-corrected chi connectivity index (χ0v) is 18.8. The first kappa shape index (κ1) is 21.7. The molecule has 0 N–H and O–H groups in total. The minimum Gasteiger partial charge on any atom is -0.494 e. The lowest BCUT2D eigenvalue weighted by Gasteiger charge is -2.18. The topological polar surface area (TPSA) is 81.1 Å². The molecule has 9 heteroatoms. The van der Waals surface area contributed by atoms with E-state index < -0.39 is 5.97 Å². The number of aromatic nitrogens is 1. The zero-order valence-electron chi connectivity index (χ0n) is 17.2. The third kappa shape index (κ3) is 4.71. The summed E-state index contributed by atoms with van der Waals surface area (Å²) in [5.41, 5.74) is 1.88. The highest BCUT2D eigenvalue weighted by Gasteiger charge is 2.25. The van der Waals surface area contributed by atoms with Crippen LogP contribution in [0, 0.1) is 0 Å². The van der Waals surface area contributed by atoms with E-state index in [0.717, 1.165) is 5.75 Å². The van der Waals surface area contributed by atoms with E-state index in [4.69, 9.17) is 21.1 Å². The van der Waals surface area contributed by atoms with Crippen molar-refractivity contribution in [3.63, 3.8) is 0 Å². The van der Waals surface area contributed by atoms with Gasteiger partial charge in [0.1, 0.15) is 5.75 Å². The number of halogens is 1. The summed E-state index contributed by atoms with van der Waals surface area (Å²) in [6.45, 7) is 3.92. The van der Waals surface area contributed by atoms with Crippen molar-refractivity contribution in [3.05, 3.63) is 75.9 Å². The highest BCUT2D eigenvalue weighted by molar-refractivity contribution is 7.14. The number of aliphatic imine (C=N–C) groups is 1. The molecule has 3 aromatic rings. The maximum atomic E-state index is 12.3. The van der Waals surface area contributed by atoms with Gasteiger partial charge in [0.25, 0.3) is 0 Å². The number of anilines is 2. The largest absolute Gasteiger partial charge is 0.494 e. The minimum atomic E-state index is -0.568. The summed E-state index contributed by atoms with van der Waals surface area (Å²) in [5.74, 6) is 0.157. The van der Waals surface area contributed by atoms with Crippen LogP contribution in [-0.2, 0) is 14.3 Å². The third-order valence-corrected chi connectivity index (χ3v) is 5.48. The van der Waals surface area contributed by atoms with Crippen LogP contribution < -0.4 is 9.64 Å². The van der Waals surface area contributed by atoms with E-state index in [0.29, 0.717) is 33.7 Å². The summed E-state index contributed by atoms with van der Waals surface area (Å²) in [4.78, 5) is 34.8. The Balaban J connectivity index is 1.59. The molecule has 0 saturated carbocycles. The molecule has 162 valence electrons. The van der Waals surface area contributed by atoms with Gasteiger partial charge in [0.2, 0.25) is 11.8 Å². The van der Waals surface area contributed by atoms with Gasteiger partial charge in [-0.05, 0) is 55.5 Å². The second kappa shape index (κ2) is 9.33. The van der Waals surface area contributed by atoms with Crippen molar-refractivity contribution < 1.29 is 19.1 Å². The fourth-order valence-corrected chi connectivity index (χ4v) is 4.05. The molecule has 0 unspecified atom stereocenters. The second-order valence-electron chi connectivity index (χ2n) is 6.68. The van der Waals surface area contributed by atoms with Crippen LogP contribution in [-0.4, -0.2) is 29.4 Å². The summed E-state index contributed by atoms with van der Waals surface area (Å²) in [5, 5.41) is 2.70. The van der Waals surface area contributed by atoms with Crippen molar-refractivity contribution >= 4 is 57.6 Å². The number of rotatable bonds is 6. The molecule has 1 aromatic heterocycles. The molecule has 1 amide bonds. The SMILES string of the molecule is CCOc1ccc(C2=N/C(=C\c3csc(N(C(C)=O)c4cccc(Cl)c4)n3)C(=O)O2)cc1. The molecule has 0 bridgehead atoms. The van der Waals surface area contributed by atoms with Crippen LogP contribution in [0.3, 0.4) is 0 Å². The molecule has 0 aliphatic carbocycles. The van der Waals surface area contributed by atoms with Gasteiger partial charge < -0.3 is 9.47 Å². The van der Waals surface area contributed by atoms with Gasteiger partial charge in [-0.25, -0.2) is 14.8 Å². The van der Waals surface area contributed by atoms with Gasteiger partial charge in [-0.1, -0.05) is 17.7 Å². The molecule has 0 fully saturated rings. The first-order chi connectivity index (χ1) is 15.4. The number of benzene rings is 2. The number of hydrogen-bond acceptors (Lipinski definition) is 7. The number of thiazole rings is 1. The van der Waals surface area contributed by atoms with Crippen LogP contribution in [0.25, 0.3) is 6.08 Å². The summed E-state index contributed by atoms with van der Waals surface area (Å²) in [7, 11) is 0. The van der Waals surface area contributed by atoms with E-state index in [9.17, 15) is 9.59 Å². The Morgan fingerprint density at radius 3 is 2.72 bits per heavy atom. The average Bonchev–Trinajstić information content (AvgIpc) is 3.36. The van der Waals surface area contributed by atoms with Crippen LogP contribution in [0.2, 0.25) is 5.02 Å². The molecule has 4 rings (SSSR count). The van der Waals surface area contributed by atoms with Gasteiger partial charge in [0.15, 0.2) is 10.8 Å². The average molecular weight is 468 g/mol. The quantitative estimate of drug-likeness (QED) is 0.366. The van der Waals surface area contributed by atoms with Crippen molar-refractivity contribution in [1.29, 1.82) is 0 Å². The number of carbonyl (C=O) groups excluding carboxylic acids is 2. The van der Waals surface area contributed by atoms with Gasteiger partial charge in [0, 0.05) is 22.9 Å². The number of nitrogens with zero attached hydrogens (tertiary/aromatic N) is 3. The Hall–Kier alpha value is -3.49. The molecular weight excluding hydrogens is 450 g/mol. The van der Waals surface area contributed by atoms with Crippen LogP contribution in [0.4, 0.5) is 10.8 Å². The maximum Gasteiger partial charge on any atom is 0.363 e. The predicted molar refractivity (Wildman–Crippen MR) is 125 cm³/mol. The van der Waals surface area contributed by atoms with Crippen LogP contribution in [0.1, 0.15) is 25.1 Å².